The molecule has 0 unspecified atom stereocenters. The minimum Gasteiger partial charge on any atom is -0.491 e. The fourth-order valence-corrected chi connectivity index (χ4v) is 2.68. The Labute approximate surface area is 147 Å². The van der Waals surface area contributed by atoms with Crippen LogP contribution in [0.3, 0.4) is 0 Å². The third-order valence-corrected chi connectivity index (χ3v) is 4.20. The van der Waals surface area contributed by atoms with Gasteiger partial charge in [0.05, 0.1) is 18.7 Å². The maximum absolute atomic E-state index is 12.3. The summed E-state index contributed by atoms with van der Waals surface area (Å²) in [5.74, 6) is 0.912. The molecule has 2 aromatic rings. The van der Waals surface area contributed by atoms with E-state index in [0.29, 0.717) is 42.5 Å². The Morgan fingerprint density at radius 2 is 1.96 bits per heavy atom. The lowest BCUT2D eigenvalue weighted by Gasteiger charge is -2.11. The SMILES string of the molecule is CC(C)c1ccc(C(=O)NCc2ccc3c(c2)NC(=O)CCO3)cc1. The van der Waals surface area contributed by atoms with Crippen LogP contribution in [0.4, 0.5) is 5.69 Å². The first kappa shape index (κ1) is 17.0. The molecule has 25 heavy (non-hydrogen) atoms. The van der Waals surface area contributed by atoms with Crippen LogP contribution in [0.25, 0.3) is 0 Å². The van der Waals surface area contributed by atoms with E-state index in [9.17, 15) is 9.59 Å². The predicted molar refractivity (Wildman–Crippen MR) is 96.9 cm³/mol. The van der Waals surface area contributed by atoms with Crippen LogP contribution in [0.15, 0.2) is 42.5 Å². The normalized spacial score (nSPS) is 13.5. The summed E-state index contributed by atoms with van der Waals surface area (Å²) in [7, 11) is 0. The van der Waals surface area contributed by atoms with Gasteiger partial charge in [0.1, 0.15) is 5.75 Å². The molecule has 2 amide bonds. The van der Waals surface area contributed by atoms with Crippen LogP contribution in [0, 0.1) is 0 Å². The summed E-state index contributed by atoms with van der Waals surface area (Å²) in [6.45, 7) is 5.00. The number of carbonyl (C=O) groups excluding carboxylic acids is 2. The van der Waals surface area contributed by atoms with Gasteiger partial charge >= 0.3 is 0 Å². The molecule has 0 radical (unpaired) electrons. The first-order valence-electron chi connectivity index (χ1n) is 8.46. The number of ether oxygens (including phenoxy) is 1. The molecular weight excluding hydrogens is 316 g/mol. The minimum absolute atomic E-state index is 0.0647. The van der Waals surface area contributed by atoms with Gasteiger partial charge in [0.25, 0.3) is 5.91 Å². The van der Waals surface area contributed by atoms with Crippen molar-refractivity contribution in [2.75, 3.05) is 11.9 Å². The highest BCUT2D eigenvalue weighted by Gasteiger charge is 2.14. The van der Waals surface area contributed by atoms with E-state index in [2.05, 4.69) is 24.5 Å². The van der Waals surface area contributed by atoms with Crippen molar-refractivity contribution < 1.29 is 14.3 Å². The summed E-state index contributed by atoms with van der Waals surface area (Å²) in [4.78, 5) is 23.9. The molecule has 5 nitrogen and oxygen atoms in total. The molecule has 0 aliphatic carbocycles. The van der Waals surface area contributed by atoms with E-state index in [-0.39, 0.29) is 11.8 Å². The van der Waals surface area contributed by atoms with Crippen molar-refractivity contribution in [2.24, 2.45) is 0 Å². The summed E-state index contributed by atoms with van der Waals surface area (Å²) < 4.78 is 5.53. The highest BCUT2D eigenvalue weighted by Crippen LogP contribution is 2.28. The second-order valence-electron chi connectivity index (χ2n) is 6.44. The molecule has 0 spiro atoms. The predicted octanol–water partition coefficient (Wildman–Crippen LogP) is 3.46. The van der Waals surface area contributed by atoms with Crippen molar-refractivity contribution in [1.29, 1.82) is 0 Å². The van der Waals surface area contributed by atoms with Crippen LogP contribution < -0.4 is 15.4 Å². The van der Waals surface area contributed by atoms with Crippen LogP contribution in [0.2, 0.25) is 0 Å². The van der Waals surface area contributed by atoms with Crippen LogP contribution in [0.5, 0.6) is 5.75 Å². The number of anilines is 1. The summed E-state index contributed by atoms with van der Waals surface area (Å²) >= 11 is 0. The van der Waals surface area contributed by atoms with Crippen molar-refractivity contribution >= 4 is 17.5 Å². The summed E-state index contributed by atoms with van der Waals surface area (Å²) in [6, 6.07) is 13.2. The highest BCUT2D eigenvalue weighted by molar-refractivity contribution is 5.94. The molecule has 1 aliphatic rings. The highest BCUT2D eigenvalue weighted by atomic mass is 16.5. The van der Waals surface area contributed by atoms with Crippen molar-refractivity contribution in [1.82, 2.24) is 5.32 Å². The van der Waals surface area contributed by atoms with Gasteiger partial charge in [0.2, 0.25) is 5.91 Å². The number of amides is 2. The number of hydrogen-bond acceptors (Lipinski definition) is 3. The zero-order chi connectivity index (χ0) is 17.8. The lowest BCUT2D eigenvalue weighted by Crippen LogP contribution is -2.22. The molecule has 5 heteroatoms. The van der Waals surface area contributed by atoms with Crippen LogP contribution in [-0.4, -0.2) is 18.4 Å². The molecule has 0 saturated heterocycles. The zero-order valence-corrected chi connectivity index (χ0v) is 14.5. The monoisotopic (exact) mass is 338 g/mol. The molecule has 2 aromatic carbocycles. The second-order valence-corrected chi connectivity index (χ2v) is 6.44. The Morgan fingerprint density at radius 1 is 1.20 bits per heavy atom. The maximum atomic E-state index is 12.3. The Kier molecular flexibility index (Phi) is 5.03. The Balaban J connectivity index is 1.65. The van der Waals surface area contributed by atoms with Crippen molar-refractivity contribution in [2.45, 2.75) is 32.7 Å². The fraction of sp³-hybridized carbons (Fsp3) is 0.300. The fourth-order valence-electron chi connectivity index (χ4n) is 2.68. The number of hydrogen-bond donors (Lipinski definition) is 2. The third kappa shape index (κ3) is 4.18. The lowest BCUT2D eigenvalue weighted by atomic mass is 10.0. The van der Waals surface area contributed by atoms with E-state index in [1.165, 1.54) is 5.56 Å². The first-order chi connectivity index (χ1) is 12.0. The van der Waals surface area contributed by atoms with E-state index in [1.54, 1.807) is 0 Å². The maximum Gasteiger partial charge on any atom is 0.251 e. The molecular formula is C20H22N2O3. The molecule has 1 aliphatic heterocycles. The van der Waals surface area contributed by atoms with Gasteiger partial charge in [-0.2, -0.15) is 0 Å². The molecule has 0 fully saturated rings. The van der Waals surface area contributed by atoms with Gasteiger partial charge in [0.15, 0.2) is 0 Å². The summed E-state index contributed by atoms with van der Waals surface area (Å²) in [5.41, 5.74) is 3.39. The van der Waals surface area contributed by atoms with E-state index in [4.69, 9.17) is 4.74 Å². The average molecular weight is 338 g/mol. The quantitative estimate of drug-likeness (QED) is 0.897. The molecule has 0 saturated carbocycles. The molecule has 0 atom stereocenters. The lowest BCUT2D eigenvalue weighted by molar-refractivity contribution is -0.116. The zero-order valence-electron chi connectivity index (χ0n) is 14.5. The van der Waals surface area contributed by atoms with Crippen molar-refractivity contribution in [3.8, 4) is 5.75 Å². The standard InChI is InChI=1S/C20H22N2O3/c1-13(2)15-4-6-16(7-5-15)20(24)21-12-14-3-8-18-17(11-14)22-19(23)9-10-25-18/h3-8,11,13H,9-10,12H2,1-2H3,(H,21,24)(H,22,23). The van der Waals surface area contributed by atoms with E-state index in [1.807, 2.05) is 42.5 Å². The van der Waals surface area contributed by atoms with Crippen LogP contribution >= 0.6 is 0 Å². The van der Waals surface area contributed by atoms with Gasteiger partial charge in [-0.15, -0.1) is 0 Å². The van der Waals surface area contributed by atoms with Gasteiger partial charge in [-0.3, -0.25) is 9.59 Å². The number of benzene rings is 2. The van der Waals surface area contributed by atoms with Crippen LogP contribution in [-0.2, 0) is 11.3 Å². The topological polar surface area (TPSA) is 67.4 Å². The molecule has 2 N–H and O–H groups in total. The number of nitrogens with one attached hydrogen (secondary N) is 2. The Bertz CT molecular complexity index is 782. The Morgan fingerprint density at radius 3 is 2.68 bits per heavy atom. The van der Waals surface area contributed by atoms with Gasteiger partial charge in [-0.25, -0.2) is 0 Å². The largest absolute Gasteiger partial charge is 0.491 e. The third-order valence-electron chi connectivity index (χ3n) is 4.20. The number of carbonyl (C=O) groups is 2. The summed E-state index contributed by atoms with van der Waals surface area (Å²) in [5, 5.41) is 5.73. The minimum atomic E-state index is -0.120. The summed E-state index contributed by atoms with van der Waals surface area (Å²) in [6.07, 6.45) is 0.340. The first-order valence-corrected chi connectivity index (χ1v) is 8.46. The smallest absolute Gasteiger partial charge is 0.251 e. The molecule has 0 aromatic heterocycles. The molecule has 0 bridgehead atoms. The number of fused-ring (bicyclic) bond motifs is 1. The van der Waals surface area contributed by atoms with Gasteiger partial charge in [-0.1, -0.05) is 32.0 Å². The molecule has 3 rings (SSSR count). The van der Waals surface area contributed by atoms with Gasteiger partial charge < -0.3 is 15.4 Å². The second kappa shape index (κ2) is 7.38. The Hall–Kier alpha value is -2.82. The number of rotatable bonds is 4. The van der Waals surface area contributed by atoms with E-state index in [0.717, 1.165) is 5.56 Å². The average Bonchev–Trinajstić information content (AvgIpc) is 2.79. The van der Waals surface area contributed by atoms with Crippen molar-refractivity contribution in [3.63, 3.8) is 0 Å². The van der Waals surface area contributed by atoms with Crippen LogP contribution in [0.1, 0.15) is 47.7 Å². The van der Waals surface area contributed by atoms with E-state index < -0.39 is 0 Å². The van der Waals surface area contributed by atoms with Gasteiger partial charge in [0, 0.05) is 12.1 Å². The molecule has 130 valence electrons. The molecule has 1 heterocycles. The van der Waals surface area contributed by atoms with Gasteiger partial charge in [-0.05, 0) is 41.3 Å². The van der Waals surface area contributed by atoms with E-state index >= 15 is 0 Å². The van der Waals surface area contributed by atoms with Crippen molar-refractivity contribution in [3.05, 3.63) is 59.2 Å².